The van der Waals surface area contributed by atoms with Crippen LogP contribution in [0.15, 0.2) is 42.5 Å². The Bertz CT molecular complexity index is 735. The summed E-state index contributed by atoms with van der Waals surface area (Å²) in [6, 6.07) is 13.6. The van der Waals surface area contributed by atoms with E-state index in [9.17, 15) is 5.11 Å². The molecule has 7 heteroatoms. The summed E-state index contributed by atoms with van der Waals surface area (Å²) in [5.74, 6) is 0. The van der Waals surface area contributed by atoms with Crippen LogP contribution in [0.1, 0.15) is 11.1 Å². The fourth-order valence-corrected chi connectivity index (χ4v) is 3.63. The van der Waals surface area contributed by atoms with Gasteiger partial charge in [-0.25, -0.2) is 0 Å². The Morgan fingerprint density at radius 1 is 1.00 bits per heavy atom. The Morgan fingerprint density at radius 3 is 2.32 bits per heavy atom. The number of ether oxygens (including phenoxy) is 1. The first-order valence-corrected chi connectivity index (χ1v) is 10.0. The summed E-state index contributed by atoms with van der Waals surface area (Å²) in [6.07, 6.45) is -0.489. The molecule has 1 N–H and O–H groups in total. The lowest BCUT2D eigenvalue weighted by Gasteiger charge is -2.37. The SMILES string of the molecule is Cc1ccc(Cl)cc1N1CCN(CC(O)COCc2ccc(Cl)cc2)CC1.Cl. The molecule has 2 aromatic rings. The molecule has 0 aromatic heterocycles. The third-order valence-corrected chi connectivity index (χ3v) is 5.33. The van der Waals surface area contributed by atoms with Gasteiger partial charge in [0.05, 0.1) is 19.3 Å². The average molecular weight is 446 g/mol. The van der Waals surface area contributed by atoms with Crippen molar-refractivity contribution >= 4 is 41.3 Å². The fraction of sp³-hybridized carbons (Fsp3) is 0.429. The molecule has 1 saturated heterocycles. The number of anilines is 1. The number of piperazine rings is 1. The van der Waals surface area contributed by atoms with Crippen molar-refractivity contribution in [3.05, 3.63) is 63.6 Å². The third-order valence-electron chi connectivity index (χ3n) is 4.85. The van der Waals surface area contributed by atoms with Gasteiger partial charge >= 0.3 is 0 Å². The average Bonchev–Trinajstić information content (AvgIpc) is 2.66. The maximum absolute atomic E-state index is 10.3. The van der Waals surface area contributed by atoms with Gasteiger partial charge in [-0.15, -0.1) is 12.4 Å². The number of rotatable bonds is 7. The van der Waals surface area contributed by atoms with Gasteiger partial charge < -0.3 is 14.7 Å². The number of halogens is 3. The highest BCUT2D eigenvalue weighted by Gasteiger charge is 2.20. The second-order valence-corrected chi connectivity index (χ2v) is 7.89. The summed E-state index contributed by atoms with van der Waals surface area (Å²) < 4.78 is 5.64. The van der Waals surface area contributed by atoms with E-state index >= 15 is 0 Å². The maximum Gasteiger partial charge on any atom is 0.0900 e. The van der Waals surface area contributed by atoms with Crippen LogP contribution in [0.25, 0.3) is 0 Å². The second-order valence-electron chi connectivity index (χ2n) is 7.01. The molecule has 154 valence electrons. The van der Waals surface area contributed by atoms with Crippen LogP contribution in [-0.2, 0) is 11.3 Å². The molecule has 1 unspecified atom stereocenters. The van der Waals surface area contributed by atoms with Crippen molar-refractivity contribution in [2.45, 2.75) is 19.6 Å². The highest BCUT2D eigenvalue weighted by Crippen LogP contribution is 2.25. The Labute approximate surface area is 183 Å². The predicted molar refractivity (Wildman–Crippen MR) is 119 cm³/mol. The molecule has 1 atom stereocenters. The van der Waals surface area contributed by atoms with Gasteiger partial charge in [0.25, 0.3) is 0 Å². The van der Waals surface area contributed by atoms with E-state index in [4.69, 9.17) is 27.9 Å². The molecule has 1 aliphatic heterocycles. The van der Waals surface area contributed by atoms with E-state index < -0.39 is 6.10 Å². The topological polar surface area (TPSA) is 35.9 Å². The number of β-amino-alcohol motifs (C(OH)–C–C–N with tert-alkyl or cyclic N) is 1. The maximum atomic E-state index is 10.3. The van der Waals surface area contributed by atoms with Crippen molar-refractivity contribution in [2.75, 3.05) is 44.2 Å². The van der Waals surface area contributed by atoms with E-state index in [0.29, 0.717) is 24.8 Å². The lowest BCUT2D eigenvalue weighted by molar-refractivity contribution is 0.00914. The minimum atomic E-state index is -0.489. The Balaban J connectivity index is 0.00000280. The molecule has 0 amide bonds. The predicted octanol–water partition coefficient (Wildman–Crippen LogP) is 4.42. The van der Waals surface area contributed by atoms with Crippen LogP contribution < -0.4 is 4.90 Å². The van der Waals surface area contributed by atoms with Crippen molar-refractivity contribution in [3.8, 4) is 0 Å². The summed E-state index contributed by atoms with van der Waals surface area (Å²) in [5, 5.41) is 11.8. The number of aliphatic hydroxyl groups is 1. The zero-order valence-corrected chi connectivity index (χ0v) is 18.3. The molecule has 0 saturated carbocycles. The molecular formula is C21H27Cl3N2O2. The van der Waals surface area contributed by atoms with Crippen LogP contribution in [-0.4, -0.2) is 55.4 Å². The van der Waals surface area contributed by atoms with E-state index in [-0.39, 0.29) is 12.4 Å². The molecule has 2 aromatic carbocycles. The van der Waals surface area contributed by atoms with Gasteiger partial charge in [-0.1, -0.05) is 41.4 Å². The smallest absolute Gasteiger partial charge is 0.0900 e. The minimum absolute atomic E-state index is 0. The molecule has 28 heavy (non-hydrogen) atoms. The second kappa shape index (κ2) is 11.2. The van der Waals surface area contributed by atoms with Crippen molar-refractivity contribution in [3.63, 3.8) is 0 Å². The van der Waals surface area contributed by atoms with Gasteiger partial charge in [0.2, 0.25) is 0 Å². The molecule has 1 heterocycles. The Kier molecular flexibility index (Phi) is 9.35. The van der Waals surface area contributed by atoms with Crippen LogP contribution in [0, 0.1) is 6.92 Å². The van der Waals surface area contributed by atoms with Crippen LogP contribution in [0.4, 0.5) is 5.69 Å². The van der Waals surface area contributed by atoms with Crippen molar-refractivity contribution in [2.24, 2.45) is 0 Å². The first-order chi connectivity index (χ1) is 13.0. The van der Waals surface area contributed by atoms with Crippen LogP contribution in [0.3, 0.4) is 0 Å². The zero-order chi connectivity index (χ0) is 19.2. The highest BCUT2D eigenvalue weighted by molar-refractivity contribution is 6.31. The fourth-order valence-electron chi connectivity index (χ4n) is 3.34. The summed E-state index contributed by atoms with van der Waals surface area (Å²) in [7, 11) is 0. The van der Waals surface area contributed by atoms with Crippen LogP contribution in [0.5, 0.6) is 0 Å². The van der Waals surface area contributed by atoms with E-state index in [1.165, 1.54) is 11.3 Å². The molecule has 4 nitrogen and oxygen atoms in total. The number of aryl methyl sites for hydroxylation is 1. The molecule has 0 radical (unpaired) electrons. The molecule has 0 bridgehead atoms. The van der Waals surface area contributed by atoms with Crippen LogP contribution >= 0.6 is 35.6 Å². The monoisotopic (exact) mass is 444 g/mol. The van der Waals surface area contributed by atoms with E-state index in [1.807, 2.05) is 36.4 Å². The van der Waals surface area contributed by atoms with Gasteiger partial charge in [0, 0.05) is 48.5 Å². The molecular weight excluding hydrogens is 419 g/mol. The molecule has 1 fully saturated rings. The Morgan fingerprint density at radius 2 is 1.64 bits per heavy atom. The number of nitrogens with zero attached hydrogens (tertiary/aromatic N) is 2. The van der Waals surface area contributed by atoms with E-state index in [1.54, 1.807) is 0 Å². The first kappa shape index (κ1) is 23.3. The lowest BCUT2D eigenvalue weighted by atomic mass is 10.1. The third kappa shape index (κ3) is 6.80. The van der Waals surface area contributed by atoms with E-state index in [0.717, 1.165) is 36.8 Å². The zero-order valence-electron chi connectivity index (χ0n) is 16.0. The normalized spacial score (nSPS) is 15.9. The molecule has 0 aliphatic carbocycles. The molecule has 0 spiro atoms. The van der Waals surface area contributed by atoms with Crippen LogP contribution in [0.2, 0.25) is 10.0 Å². The number of hydrogen-bond acceptors (Lipinski definition) is 4. The first-order valence-electron chi connectivity index (χ1n) is 9.25. The van der Waals surface area contributed by atoms with Gasteiger partial charge in [0.15, 0.2) is 0 Å². The summed E-state index contributed by atoms with van der Waals surface area (Å²) in [6.45, 7) is 7.24. The Hall–Kier alpha value is -1.01. The largest absolute Gasteiger partial charge is 0.389 e. The van der Waals surface area contributed by atoms with Gasteiger partial charge in [-0.3, -0.25) is 4.90 Å². The van der Waals surface area contributed by atoms with Crippen molar-refractivity contribution < 1.29 is 9.84 Å². The van der Waals surface area contributed by atoms with Crippen molar-refractivity contribution in [1.82, 2.24) is 4.90 Å². The number of benzene rings is 2. The molecule has 1 aliphatic rings. The molecule has 3 rings (SSSR count). The summed E-state index contributed by atoms with van der Waals surface area (Å²) in [4.78, 5) is 4.65. The lowest BCUT2D eigenvalue weighted by Crippen LogP contribution is -2.49. The minimum Gasteiger partial charge on any atom is -0.389 e. The number of hydrogen-bond donors (Lipinski definition) is 1. The summed E-state index contributed by atoms with van der Waals surface area (Å²) >= 11 is 12.0. The number of aliphatic hydroxyl groups excluding tert-OH is 1. The van der Waals surface area contributed by atoms with Gasteiger partial charge in [-0.05, 0) is 42.3 Å². The quantitative estimate of drug-likeness (QED) is 0.684. The van der Waals surface area contributed by atoms with Crippen molar-refractivity contribution in [1.29, 1.82) is 0 Å². The standard InChI is InChI=1S/C21H26Cl2N2O2.ClH/c1-16-2-5-19(23)12-21(16)25-10-8-24(9-11-25)13-20(26)15-27-14-17-3-6-18(22)7-4-17;/h2-7,12,20,26H,8-11,13-15H2,1H3;1H. The highest BCUT2D eigenvalue weighted by atomic mass is 35.5. The van der Waals surface area contributed by atoms with Gasteiger partial charge in [0.1, 0.15) is 0 Å². The van der Waals surface area contributed by atoms with E-state index in [2.05, 4.69) is 22.8 Å². The van der Waals surface area contributed by atoms with Gasteiger partial charge in [-0.2, -0.15) is 0 Å². The summed E-state index contributed by atoms with van der Waals surface area (Å²) in [5.41, 5.74) is 3.49.